The molecule has 1 amide bonds. The van der Waals surface area contributed by atoms with E-state index in [9.17, 15) is 18.0 Å². The van der Waals surface area contributed by atoms with Crippen LogP contribution < -0.4 is 5.32 Å². The van der Waals surface area contributed by atoms with Gasteiger partial charge in [-0.05, 0) is 50.5 Å². The number of ether oxygens (including phenoxy) is 1. The Kier molecular flexibility index (Phi) is 5.84. The Morgan fingerprint density at radius 3 is 2.32 bits per heavy atom. The van der Waals surface area contributed by atoms with Gasteiger partial charge in [-0.15, -0.1) is 0 Å². The number of nitrogens with one attached hydrogen (secondary N) is 1. The molecule has 1 aliphatic rings. The lowest BCUT2D eigenvalue weighted by atomic mass is 10.3. The van der Waals surface area contributed by atoms with Crippen molar-refractivity contribution in [1.82, 2.24) is 4.31 Å². The van der Waals surface area contributed by atoms with E-state index in [1.54, 1.807) is 13.8 Å². The van der Waals surface area contributed by atoms with E-state index in [0.29, 0.717) is 11.6 Å². The number of carbonyl (C=O) groups is 2. The number of sulfonamides is 1. The van der Waals surface area contributed by atoms with Gasteiger partial charge in [-0.2, -0.15) is 4.31 Å². The number of hydrogen-bond donors (Lipinski definition) is 1. The van der Waals surface area contributed by atoms with Crippen LogP contribution in [0.2, 0.25) is 0 Å². The smallest absolute Gasteiger partial charge is 0.309 e. The number of esters is 1. The fourth-order valence-electron chi connectivity index (χ4n) is 2.25. The number of rotatable bonds is 7. The average molecular weight is 368 g/mol. The van der Waals surface area contributed by atoms with E-state index >= 15 is 0 Å². The quantitative estimate of drug-likeness (QED) is 0.742. The Labute approximate surface area is 148 Å². The van der Waals surface area contributed by atoms with Gasteiger partial charge in [0.25, 0.3) is 5.91 Å². The molecule has 0 spiro atoms. The van der Waals surface area contributed by atoms with Crippen molar-refractivity contribution < 1.29 is 22.7 Å². The highest BCUT2D eigenvalue weighted by atomic mass is 32.2. The Morgan fingerprint density at radius 1 is 1.28 bits per heavy atom. The molecule has 7 nitrogen and oxygen atoms in total. The first-order valence-corrected chi connectivity index (χ1v) is 9.61. The van der Waals surface area contributed by atoms with Crippen molar-refractivity contribution in [3.63, 3.8) is 0 Å². The highest BCUT2D eigenvalue weighted by Gasteiger charge is 2.40. The molecule has 138 valence electrons. The molecule has 0 radical (unpaired) electrons. The van der Waals surface area contributed by atoms with Gasteiger partial charge in [0, 0.05) is 18.8 Å². The molecule has 0 bridgehead atoms. The Hall–Kier alpha value is -1.93. The topological polar surface area (TPSA) is 92.8 Å². The highest BCUT2D eigenvalue weighted by molar-refractivity contribution is 7.89. The summed E-state index contributed by atoms with van der Waals surface area (Å²) >= 11 is 0. The van der Waals surface area contributed by atoms with Crippen molar-refractivity contribution in [2.75, 3.05) is 19.0 Å². The third-order valence-electron chi connectivity index (χ3n) is 4.30. The van der Waals surface area contributed by atoms with Gasteiger partial charge < -0.3 is 10.1 Å². The van der Waals surface area contributed by atoms with E-state index < -0.39 is 15.9 Å². The minimum atomic E-state index is -3.56. The molecular formula is C17H24N2O5S. The summed E-state index contributed by atoms with van der Waals surface area (Å²) in [4.78, 5) is 23.5. The molecule has 25 heavy (non-hydrogen) atoms. The second-order valence-corrected chi connectivity index (χ2v) is 8.61. The fourth-order valence-corrected chi connectivity index (χ4v) is 3.61. The normalized spacial score (nSPS) is 19.8. The summed E-state index contributed by atoms with van der Waals surface area (Å²) in [6.07, 6.45) is 0.807. The molecule has 0 aromatic heterocycles. The van der Waals surface area contributed by atoms with Gasteiger partial charge in [0.1, 0.15) is 0 Å². The van der Waals surface area contributed by atoms with Crippen LogP contribution in [-0.2, 0) is 24.3 Å². The summed E-state index contributed by atoms with van der Waals surface area (Å²) in [6.45, 7) is 5.18. The lowest BCUT2D eigenvalue weighted by Gasteiger charge is -2.21. The summed E-state index contributed by atoms with van der Waals surface area (Å²) < 4.78 is 31.0. The van der Waals surface area contributed by atoms with E-state index in [2.05, 4.69) is 5.32 Å². The van der Waals surface area contributed by atoms with E-state index in [-0.39, 0.29) is 29.4 Å². The van der Waals surface area contributed by atoms with E-state index in [1.807, 2.05) is 6.92 Å². The third-order valence-corrected chi connectivity index (χ3v) is 6.35. The number of anilines is 1. The number of hydrogen-bond acceptors (Lipinski definition) is 5. The van der Waals surface area contributed by atoms with Gasteiger partial charge in [0.2, 0.25) is 10.0 Å². The number of amides is 1. The molecule has 1 N–H and O–H groups in total. The molecule has 2 atom stereocenters. The Balaban J connectivity index is 1.91. The van der Waals surface area contributed by atoms with Crippen LogP contribution in [-0.4, -0.2) is 44.3 Å². The lowest BCUT2D eigenvalue weighted by Crippen LogP contribution is -2.33. The van der Waals surface area contributed by atoms with Gasteiger partial charge in [-0.1, -0.05) is 6.92 Å². The summed E-state index contributed by atoms with van der Waals surface area (Å²) in [5.74, 6) is -0.568. The fraction of sp³-hybridized carbons (Fsp3) is 0.529. The monoisotopic (exact) mass is 368 g/mol. The molecule has 0 unspecified atom stereocenters. The Bertz CT molecular complexity index is 743. The summed E-state index contributed by atoms with van der Waals surface area (Å²) in [5.41, 5.74) is 0.437. The summed E-state index contributed by atoms with van der Waals surface area (Å²) in [6, 6.07) is 5.71. The zero-order valence-electron chi connectivity index (χ0n) is 14.9. The summed E-state index contributed by atoms with van der Waals surface area (Å²) in [7, 11) is -2.04. The van der Waals surface area contributed by atoms with Gasteiger partial charge in [0.15, 0.2) is 6.61 Å². The van der Waals surface area contributed by atoms with Crippen molar-refractivity contribution >= 4 is 27.6 Å². The predicted molar refractivity (Wildman–Crippen MR) is 93.4 cm³/mol. The van der Waals surface area contributed by atoms with Gasteiger partial charge in [0.05, 0.1) is 10.8 Å². The van der Waals surface area contributed by atoms with Crippen molar-refractivity contribution in [3.8, 4) is 0 Å². The first-order valence-electron chi connectivity index (χ1n) is 8.17. The van der Waals surface area contributed by atoms with E-state index in [0.717, 1.165) is 6.42 Å². The highest BCUT2D eigenvalue weighted by Crippen LogP contribution is 2.38. The molecule has 8 heteroatoms. The zero-order chi connectivity index (χ0) is 18.8. The van der Waals surface area contributed by atoms with Crippen LogP contribution in [0.1, 0.15) is 27.2 Å². The second-order valence-electron chi connectivity index (χ2n) is 6.61. The molecule has 1 saturated carbocycles. The van der Waals surface area contributed by atoms with Crippen molar-refractivity contribution in [1.29, 1.82) is 0 Å². The average Bonchev–Trinajstić information content (AvgIpc) is 3.29. The van der Waals surface area contributed by atoms with Crippen LogP contribution >= 0.6 is 0 Å². The maximum absolute atomic E-state index is 12.4. The van der Waals surface area contributed by atoms with Gasteiger partial charge >= 0.3 is 5.97 Å². The molecule has 0 aliphatic heterocycles. The minimum absolute atomic E-state index is 0.0877. The van der Waals surface area contributed by atoms with Crippen molar-refractivity contribution in [2.45, 2.75) is 38.1 Å². The summed E-state index contributed by atoms with van der Waals surface area (Å²) in [5, 5.41) is 2.57. The van der Waals surface area contributed by atoms with Gasteiger partial charge in [-0.25, -0.2) is 8.42 Å². The molecule has 1 fully saturated rings. The number of benzene rings is 1. The first kappa shape index (κ1) is 19.4. The van der Waals surface area contributed by atoms with Crippen molar-refractivity contribution in [3.05, 3.63) is 24.3 Å². The molecule has 0 heterocycles. The lowest BCUT2D eigenvalue weighted by molar-refractivity contribution is -0.148. The first-order chi connectivity index (χ1) is 11.6. The van der Waals surface area contributed by atoms with Crippen LogP contribution in [0.3, 0.4) is 0 Å². The molecule has 0 saturated heterocycles. The predicted octanol–water partition coefficient (Wildman–Crippen LogP) is 1.85. The van der Waals surface area contributed by atoms with Crippen molar-refractivity contribution in [2.24, 2.45) is 11.8 Å². The van der Waals surface area contributed by atoms with E-state index in [4.69, 9.17) is 4.74 Å². The van der Waals surface area contributed by atoms with Gasteiger partial charge in [-0.3, -0.25) is 9.59 Å². The largest absolute Gasteiger partial charge is 0.455 e. The maximum atomic E-state index is 12.4. The molecule has 2 rings (SSSR count). The third kappa shape index (κ3) is 4.79. The second kappa shape index (κ2) is 7.53. The van der Waals surface area contributed by atoms with E-state index in [1.165, 1.54) is 35.6 Å². The Morgan fingerprint density at radius 2 is 1.84 bits per heavy atom. The standard InChI is InChI=1S/C17H24N2O5S/c1-11(2)19(4)25(22,23)14-7-5-13(6-8-14)18-16(20)10-24-17(21)15-9-12(15)3/h5-8,11-12,15H,9-10H2,1-4H3,(H,18,20)/t12-,15-/m0/s1. The molecule has 1 aromatic carbocycles. The molecule has 1 aromatic rings. The molecular weight excluding hydrogens is 344 g/mol. The van der Waals surface area contributed by atoms with Crippen LogP contribution in [0.5, 0.6) is 0 Å². The van der Waals surface area contributed by atoms with Crippen LogP contribution in [0.15, 0.2) is 29.2 Å². The maximum Gasteiger partial charge on any atom is 0.309 e. The molecule has 1 aliphatic carbocycles. The van der Waals surface area contributed by atoms with Crippen LogP contribution in [0.25, 0.3) is 0 Å². The van der Waals surface area contributed by atoms with Crippen LogP contribution in [0, 0.1) is 11.8 Å². The number of nitrogens with zero attached hydrogens (tertiary/aromatic N) is 1. The minimum Gasteiger partial charge on any atom is -0.455 e. The zero-order valence-corrected chi connectivity index (χ0v) is 15.7. The SMILES string of the molecule is CC(C)N(C)S(=O)(=O)c1ccc(NC(=O)COC(=O)[C@H]2C[C@@H]2C)cc1. The van der Waals surface area contributed by atoms with Crippen LogP contribution in [0.4, 0.5) is 5.69 Å². The number of carbonyl (C=O) groups excluding carboxylic acids is 2.